The standard InChI is InChI=1S/C8H14FNO/c1-6(2)3-8(11)10-4-7(9)5-10/h6-7H,3-5H2,1-2H3. The van der Waals surface area contributed by atoms with Crippen LogP contribution in [0.1, 0.15) is 20.3 Å². The lowest BCUT2D eigenvalue weighted by Gasteiger charge is -2.34. The van der Waals surface area contributed by atoms with Crippen LogP contribution in [0.3, 0.4) is 0 Å². The first-order valence-electron chi connectivity index (χ1n) is 4.01. The Bertz CT molecular complexity index is 152. The van der Waals surface area contributed by atoms with E-state index in [1.807, 2.05) is 13.8 Å². The molecule has 0 spiro atoms. The predicted octanol–water partition coefficient (Wildman–Crippen LogP) is 1.21. The zero-order chi connectivity index (χ0) is 8.43. The van der Waals surface area contributed by atoms with Gasteiger partial charge in [-0.2, -0.15) is 0 Å². The molecule has 64 valence electrons. The second kappa shape index (κ2) is 3.20. The molecule has 1 amide bonds. The molecule has 0 atom stereocenters. The SMILES string of the molecule is CC(C)CC(=O)N1CC(F)C1. The molecule has 0 unspecified atom stereocenters. The lowest BCUT2D eigenvalue weighted by molar-refractivity contribution is -0.139. The Morgan fingerprint density at radius 1 is 1.64 bits per heavy atom. The van der Waals surface area contributed by atoms with Crippen molar-refractivity contribution in [1.29, 1.82) is 0 Å². The minimum atomic E-state index is -0.772. The third-order valence-electron chi connectivity index (χ3n) is 1.77. The lowest BCUT2D eigenvalue weighted by atomic mass is 10.1. The number of alkyl halides is 1. The first-order valence-corrected chi connectivity index (χ1v) is 4.01. The highest BCUT2D eigenvalue weighted by atomic mass is 19.1. The highest BCUT2D eigenvalue weighted by Crippen LogP contribution is 2.14. The maximum atomic E-state index is 12.3. The molecule has 1 rings (SSSR count). The average Bonchev–Trinajstić information content (AvgIpc) is 1.79. The molecular formula is C8H14FNO. The van der Waals surface area contributed by atoms with Gasteiger partial charge in [0.15, 0.2) is 0 Å². The quantitative estimate of drug-likeness (QED) is 0.593. The monoisotopic (exact) mass is 159 g/mol. The van der Waals surface area contributed by atoms with Crippen LogP contribution in [0, 0.1) is 5.92 Å². The number of hydrogen-bond acceptors (Lipinski definition) is 1. The molecule has 0 aromatic carbocycles. The molecule has 3 heteroatoms. The predicted molar refractivity (Wildman–Crippen MR) is 40.9 cm³/mol. The van der Waals surface area contributed by atoms with Crippen molar-refractivity contribution >= 4 is 5.91 Å². The molecule has 1 aliphatic rings. The maximum absolute atomic E-state index is 12.3. The smallest absolute Gasteiger partial charge is 0.223 e. The fourth-order valence-corrected chi connectivity index (χ4v) is 1.11. The van der Waals surface area contributed by atoms with Gasteiger partial charge in [-0.25, -0.2) is 4.39 Å². The molecule has 0 radical (unpaired) electrons. The second-order valence-electron chi connectivity index (χ2n) is 3.49. The van der Waals surface area contributed by atoms with Crippen molar-refractivity contribution in [1.82, 2.24) is 4.90 Å². The van der Waals surface area contributed by atoms with E-state index in [4.69, 9.17) is 0 Å². The average molecular weight is 159 g/mol. The summed E-state index contributed by atoms with van der Waals surface area (Å²) < 4.78 is 12.3. The third-order valence-corrected chi connectivity index (χ3v) is 1.77. The van der Waals surface area contributed by atoms with Gasteiger partial charge in [-0.1, -0.05) is 13.8 Å². The van der Waals surface area contributed by atoms with Gasteiger partial charge in [0.25, 0.3) is 0 Å². The van der Waals surface area contributed by atoms with E-state index in [1.54, 1.807) is 4.90 Å². The molecule has 1 aliphatic heterocycles. The molecule has 0 bridgehead atoms. The van der Waals surface area contributed by atoms with Gasteiger partial charge in [0.05, 0.1) is 13.1 Å². The van der Waals surface area contributed by atoms with E-state index >= 15 is 0 Å². The number of hydrogen-bond donors (Lipinski definition) is 0. The highest BCUT2D eigenvalue weighted by Gasteiger charge is 2.29. The molecular weight excluding hydrogens is 145 g/mol. The van der Waals surface area contributed by atoms with E-state index in [0.29, 0.717) is 25.4 Å². The van der Waals surface area contributed by atoms with Crippen LogP contribution in [0.25, 0.3) is 0 Å². The largest absolute Gasteiger partial charge is 0.337 e. The van der Waals surface area contributed by atoms with Crippen molar-refractivity contribution in [2.75, 3.05) is 13.1 Å². The van der Waals surface area contributed by atoms with Crippen molar-refractivity contribution in [2.24, 2.45) is 5.92 Å². The zero-order valence-electron chi connectivity index (χ0n) is 7.01. The third kappa shape index (κ3) is 2.17. The van der Waals surface area contributed by atoms with Gasteiger partial charge in [-0.05, 0) is 5.92 Å². The molecule has 0 aromatic rings. The minimum Gasteiger partial charge on any atom is -0.337 e. The van der Waals surface area contributed by atoms with E-state index in [-0.39, 0.29) is 5.91 Å². The summed E-state index contributed by atoms with van der Waals surface area (Å²) in [4.78, 5) is 12.7. The van der Waals surface area contributed by atoms with Gasteiger partial charge in [0.1, 0.15) is 6.17 Å². The first kappa shape index (κ1) is 8.50. The molecule has 0 aromatic heterocycles. The number of rotatable bonds is 2. The van der Waals surface area contributed by atoms with Crippen molar-refractivity contribution in [3.05, 3.63) is 0 Å². The van der Waals surface area contributed by atoms with E-state index in [1.165, 1.54) is 0 Å². The van der Waals surface area contributed by atoms with Gasteiger partial charge in [-0.15, -0.1) is 0 Å². The van der Waals surface area contributed by atoms with Crippen molar-refractivity contribution < 1.29 is 9.18 Å². The Morgan fingerprint density at radius 2 is 2.18 bits per heavy atom. The Morgan fingerprint density at radius 3 is 2.55 bits per heavy atom. The Kier molecular flexibility index (Phi) is 2.47. The summed E-state index contributed by atoms with van der Waals surface area (Å²) in [6.45, 7) is 4.60. The van der Waals surface area contributed by atoms with Crippen molar-refractivity contribution in [3.63, 3.8) is 0 Å². The maximum Gasteiger partial charge on any atom is 0.223 e. The molecule has 11 heavy (non-hydrogen) atoms. The lowest BCUT2D eigenvalue weighted by Crippen LogP contribution is -2.51. The van der Waals surface area contributed by atoms with E-state index in [2.05, 4.69) is 0 Å². The van der Waals surface area contributed by atoms with Crippen LogP contribution >= 0.6 is 0 Å². The molecule has 0 saturated carbocycles. The Hall–Kier alpha value is -0.600. The first-order chi connectivity index (χ1) is 5.09. The van der Waals surface area contributed by atoms with E-state index < -0.39 is 6.17 Å². The number of halogens is 1. The van der Waals surface area contributed by atoms with Crippen LogP contribution in [0.5, 0.6) is 0 Å². The number of carbonyl (C=O) groups excluding carboxylic acids is 1. The van der Waals surface area contributed by atoms with E-state index in [0.717, 1.165) is 0 Å². The van der Waals surface area contributed by atoms with Crippen molar-refractivity contribution in [2.45, 2.75) is 26.4 Å². The van der Waals surface area contributed by atoms with E-state index in [9.17, 15) is 9.18 Å². The molecule has 1 saturated heterocycles. The zero-order valence-corrected chi connectivity index (χ0v) is 7.01. The second-order valence-corrected chi connectivity index (χ2v) is 3.49. The van der Waals surface area contributed by atoms with Crippen LogP contribution in [0.2, 0.25) is 0 Å². The fourth-order valence-electron chi connectivity index (χ4n) is 1.11. The molecule has 1 fully saturated rings. The Balaban J connectivity index is 2.21. The number of carbonyl (C=O) groups is 1. The van der Waals surface area contributed by atoms with Crippen LogP contribution in [-0.2, 0) is 4.79 Å². The molecule has 1 heterocycles. The topological polar surface area (TPSA) is 20.3 Å². The molecule has 2 nitrogen and oxygen atoms in total. The summed E-state index contributed by atoms with van der Waals surface area (Å²) in [7, 11) is 0. The normalized spacial score (nSPS) is 18.7. The Labute approximate surface area is 66.4 Å². The number of nitrogens with zero attached hydrogens (tertiary/aromatic N) is 1. The summed E-state index contributed by atoms with van der Waals surface area (Å²) in [6.07, 6.45) is -0.224. The highest BCUT2D eigenvalue weighted by molar-refractivity contribution is 5.77. The minimum absolute atomic E-state index is 0.0916. The van der Waals surface area contributed by atoms with Crippen molar-refractivity contribution in [3.8, 4) is 0 Å². The van der Waals surface area contributed by atoms with Crippen LogP contribution in [-0.4, -0.2) is 30.1 Å². The van der Waals surface area contributed by atoms with Gasteiger partial charge in [-0.3, -0.25) is 4.79 Å². The summed E-state index contributed by atoms with van der Waals surface area (Å²) in [6, 6.07) is 0. The van der Waals surface area contributed by atoms with Crippen LogP contribution in [0.15, 0.2) is 0 Å². The fraction of sp³-hybridized carbons (Fsp3) is 0.875. The van der Waals surface area contributed by atoms with Crippen LogP contribution in [0.4, 0.5) is 4.39 Å². The summed E-state index contributed by atoms with van der Waals surface area (Å²) in [5, 5.41) is 0. The van der Waals surface area contributed by atoms with Gasteiger partial charge in [0, 0.05) is 6.42 Å². The summed E-state index contributed by atoms with van der Waals surface area (Å²) >= 11 is 0. The number of likely N-dealkylation sites (tertiary alicyclic amines) is 1. The summed E-state index contributed by atoms with van der Waals surface area (Å²) in [5.74, 6) is 0.468. The molecule has 0 aliphatic carbocycles. The van der Waals surface area contributed by atoms with Gasteiger partial charge < -0.3 is 4.90 Å². The van der Waals surface area contributed by atoms with Crippen LogP contribution < -0.4 is 0 Å². The van der Waals surface area contributed by atoms with Gasteiger partial charge in [0.2, 0.25) is 5.91 Å². The molecule has 0 N–H and O–H groups in total. The summed E-state index contributed by atoms with van der Waals surface area (Å²) in [5.41, 5.74) is 0. The van der Waals surface area contributed by atoms with Gasteiger partial charge >= 0.3 is 0 Å². The number of amides is 1.